The molecule has 8 heteroatoms. The molecule has 0 aromatic carbocycles. The summed E-state index contributed by atoms with van der Waals surface area (Å²) in [6.07, 6.45) is 16.3. The minimum absolute atomic E-state index is 0.0282. The second-order valence-corrected chi connectivity index (χ2v) is 8.67. The van der Waals surface area contributed by atoms with Crippen molar-refractivity contribution >= 4 is 16.1 Å². The van der Waals surface area contributed by atoms with Crippen molar-refractivity contribution in [3.63, 3.8) is 0 Å². The Bertz CT molecular complexity index is 480. The van der Waals surface area contributed by atoms with Crippen LogP contribution in [-0.4, -0.2) is 30.8 Å². The summed E-state index contributed by atoms with van der Waals surface area (Å²) >= 11 is 0. The number of unbranched alkanes of at least 4 members (excludes halogenated alkanes) is 13. The van der Waals surface area contributed by atoms with Gasteiger partial charge in [-0.2, -0.15) is 17.2 Å². The highest BCUT2D eigenvalue weighted by Crippen LogP contribution is 2.21. The van der Waals surface area contributed by atoms with Crippen molar-refractivity contribution in [1.29, 1.82) is 0 Å². The fraction of sp³-hybridized carbons (Fsp3) is 0.947. The van der Waals surface area contributed by atoms with Gasteiger partial charge in [-0.05, 0) is 6.42 Å². The van der Waals surface area contributed by atoms with Gasteiger partial charge in [0.2, 0.25) is 0 Å². The van der Waals surface area contributed by atoms with E-state index in [0.717, 1.165) is 19.3 Å². The lowest BCUT2D eigenvalue weighted by atomic mass is 10.0. The van der Waals surface area contributed by atoms with Gasteiger partial charge in [-0.1, -0.05) is 90.4 Å². The zero-order valence-corrected chi connectivity index (χ0v) is 17.4. The molecule has 0 aromatic heterocycles. The van der Waals surface area contributed by atoms with E-state index in [9.17, 15) is 22.0 Å². The summed E-state index contributed by atoms with van der Waals surface area (Å²) in [6, 6.07) is 0. The summed E-state index contributed by atoms with van der Waals surface area (Å²) in [6.45, 7) is 0.573. The molecule has 0 bridgehead atoms. The van der Waals surface area contributed by atoms with Gasteiger partial charge in [0.25, 0.3) is 0 Å². The van der Waals surface area contributed by atoms with E-state index in [-0.39, 0.29) is 6.42 Å². The van der Waals surface area contributed by atoms with Crippen LogP contribution in [0.2, 0.25) is 0 Å². The molecule has 1 N–H and O–H groups in total. The Morgan fingerprint density at radius 3 is 1.56 bits per heavy atom. The lowest BCUT2D eigenvalue weighted by molar-refractivity contribution is -0.149. The van der Waals surface area contributed by atoms with Crippen LogP contribution >= 0.6 is 0 Å². The first kappa shape index (κ1) is 26.2. The molecule has 0 fully saturated rings. The van der Waals surface area contributed by atoms with Crippen LogP contribution < -0.4 is 0 Å². The van der Waals surface area contributed by atoms with E-state index in [2.05, 4.69) is 11.7 Å². The normalized spacial score (nSPS) is 12.3. The van der Waals surface area contributed by atoms with Gasteiger partial charge in [0.05, 0.1) is 0 Å². The van der Waals surface area contributed by atoms with Gasteiger partial charge in [0.1, 0.15) is 0 Å². The molecule has 0 amide bonds. The highest BCUT2D eigenvalue weighted by molar-refractivity contribution is 7.86. The average molecular weight is 415 g/mol. The zero-order valence-electron chi connectivity index (χ0n) is 16.6. The molecule has 0 aliphatic rings. The molecule has 162 valence electrons. The van der Waals surface area contributed by atoms with E-state index in [0.29, 0.717) is 6.42 Å². The Balaban J connectivity index is 3.41. The van der Waals surface area contributed by atoms with Gasteiger partial charge in [-0.15, -0.1) is 0 Å². The molecular formula is C19H36F2O5S. The zero-order chi connectivity index (χ0) is 20.6. The molecule has 0 aliphatic heterocycles. The number of esters is 1. The Kier molecular flexibility index (Phi) is 14.8. The Labute approximate surface area is 163 Å². The highest BCUT2D eigenvalue weighted by atomic mass is 32.2. The molecule has 0 unspecified atom stereocenters. The van der Waals surface area contributed by atoms with Crippen molar-refractivity contribution in [3.8, 4) is 0 Å². The average Bonchev–Trinajstić information content (AvgIpc) is 2.59. The first-order chi connectivity index (χ1) is 12.7. The number of halogens is 2. The lowest BCUT2D eigenvalue weighted by Gasteiger charge is -2.12. The molecule has 0 saturated heterocycles. The smallest absolute Gasteiger partial charge is 0.402 e. The second-order valence-electron chi connectivity index (χ2n) is 7.12. The van der Waals surface area contributed by atoms with Crippen molar-refractivity contribution in [3.05, 3.63) is 0 Å². The number of rotatable bonds is 18. The van der Waals surface area contributed by atoms with Crippen LogP contribution in [0.1, 0.15) is 103 Å². The molecule has 27 heavy (non-hydrogen) atoms. The monoisotopic (exact) mass is 414 g/mol. The number of ether oxygens (including phenoxy) is 1. The Hall–Kier alpha value is -0.760. The maximum Gasteiger partial charge on any atom is 0.402 e. The molecule has 0 aliphatic carbocycles. The molecule has 0 saturated carbocycles. The summed E-state index contributed by atoms with van der Waals surface area (Å²) in [4.78, 5) is 11.3. The van der Waals surface area contributed by atoms with E-state index in [1.807, 2.05) is 0 Å². The van der Waals surface area contributed by atoms with Crippen LogP contribution in [-0.2, 0) is 19.6 Å². The lowest BCUT2D eigenvalue weighted by Crippen LogP contribution is -2.34. The molecule has 0 spiro atoms. The SMILES string of the molecule is CCCCCCCCCCCCCCCCC(=O)OCC(F)(F)S(=O)(=O)O. The third-order valence-corrected chi connectivity index (χ3v) is 5.39. The van der Waals surface area contributed by atoms with Crippen LogP contribution in [0.4, 0.5) is 8.78 Å². The number of hydrogen-bond acceptors (Lipinski definition) is 4. The van der Waals surface area contributed by atoms with Gasteiger partial charge < -0.3 is 4.74 Å². The van der Waals surface area contributed by atoms with E-state index in [4.69, 9.17) is 4.55 Å². The van der Waals surface area contributed by atoms with Gasteiger partial charge in [-0.25, -0.2) is 0 Å². The summed E-state index contributed by atoms with van der Waals surface area (Å²) in [7, 11) is -5.56. The largest absolute Gasteiger partial charge is 0.458 e. The van der Waals surface area contributed by atoms with Crippen molar-refractivity contribution in [2.75, 3.05) is 6.61 Å². The predicted molar refractivity (Wildman–Crippen MR) is 102 cm³/mol. The van der Waals surface area contributed by atoms with E-state index in [1.165, 1.54) is 64.2 Å². The maximum atomic E-state index is 12.9. The maximum absolute atomic E-state index is 12.9. The third kappa shape index (κ3) is 14.9. The van der Waals surface area contributed by atoms with Gasteiger partial charge in [0.15, 0.2) is 6.61 Å². The molecule has 0 atom stereocenters. The number of carbonyl (C=O) groups excluding carboxylic acids is 1. The molecule has 5 nitrogen and oxygen atoms in total. The predicted octanol–water partition coefficient (Wildman–Crippen LogP) is 5.88. The molecule has 0 heterocycles. The highest BCUT2D eigenvalue weighted by Gasteiger charge is 2.45. The topological polar surface area (TPSA) is 80.7 Å². The molecule has 0 rings (SSSR count). The fourth-order valence-corrected chi connectivity index (χ4v) is 2.98. The molecule has 0 radical (unpaired) electrons. The quantitative estimate of drug-likeness (QED) is 0.172. The summed E-state index contributed by atoms with van der Waals surface area (Å²) in [5.41, 5.74) is 0. The summed E-state index contributed by atoms with van der Waals surface area (Å²) in [5.74, 6) is -0.878. The van der Waals surface area contributed by atoms with Crippen LogP contribution in [0, 0.1) is 0 Å². The Morgan fingerprint density at radius 1 is 0.815 bits per heavy atom. The number of alkyl halides is 2. The van der Waals surface area contributed by atoms with Crippen molar-refractivity contribution in [2.24, 2.45) is 0 Å². The fourth-order valence-electron chi connectivity index (χ4n) is 2.78. The van der Waals surface area contributed by atoms with Crippen LogP contribution in [0.25, 0.3) is 0 Å². The van der Waals surface area contributed by atoms with Crippen molar-refractivity contribution < 1.29 is 31.3 Å². The number of carbonyl (C=O) groups is 1. The first-order valence-electron chi connectivity index (χ1n) is 10.2. The van der Waals surface area contributed by atoms with Gasteiger partial charge in [-0.3, -0.25) is 9.35 Å². The summed E-state index contributed by atoms with van der Waals surface area (Å²) < 4.78 is 59.0. The van der Waals surface area contributed by atoms with E-state index >= 15 is 0 Å². The molecular weight excluding hydrogens is 378 g/mol. The Morgan fingerprint density at radius 2 is 1.19 bits per heavy atom. The van der Waals surface area contributed by atoms with E-state index in [1.54, 1.807) is 0 Å². The minimum atomic E-state index is -5.56. The minimum Gasteiger partial charge on any atom is -0.458 e. The van der Waals surface area contributed by atoms with E-state index < -0.39 is 27.9 Å². The van der Waals surface area contributed by atoms with Crippen LogP contribution in [0.5, 0.6) is 0 Å². The van der Waals surface area contributed by atoms with Gasteiger partial charge in [0, 0.05) is 6.42 Å². The van der Waals surface area contributed by atoms with Crippen LogP contribution in [0.15, 0.2) is 0 Å². The van der Waals surface area contributed by atoms with Gasteiger partial charge >= 0.3 is 21.3 Å². The summed E-state index contributed by atoms with van der Waals surface area (Å²) in [5, 5.41) is -4.46. The molecule has 0 aromatic rings. The third-order valence-electron chi connectivity index (χ3n) is 4.51. The number of hydrogen-bond donors (Lipinski definition) is 1. The van der Waals surface area contributed by atoms with Crippen molar-refractivity contribution in [2.45, 2.75) is 108 Å². The standard InChI is InChI=1S/C19H36F2O5S/c1-2-3-4-5-6-7-8-9-10-11-12-13-14-15-16-18(22)26-17-19(20,21)27(23,24)25/h2-17H2,1H3,(H,23,24,25). The first-order valence-corrected chi connectivity index (χ1v) is 11.6. The van der Waals surface area contributed by atoms with Crippen LogP contribution in [0.3, 0.4) is 0 Å². The van der Waals surface area contributed by atoms with Crippen molar-refractivity contribution in [1.82, 2.24) is 0 Å². The second kappa shape index (κ2) is 15.2.